The summed E-state index contributed by atoms with van der Waals surface area (Å²) in [4.78, 5) is 11.1. The van der Waals surface area contributed by atoms with Crippen molar-refractivity contribution in [1.82, 2.24) is 5.32 Å². The van der Waals surface area contributed by atoms with Gasteiger partial charge in [0.05, 0.1) is 18.1 Å². The molecule has 0 amide bonds. The molecule has 0 fully saturated rings. The first-order valence-electron chi connectivity index (χ1n) is 6.66. The maximum Gasteiger partial charge on any atom is 0.422 e. The van der Waals surface area contributed by atoms with Crippen molar-refractivity contribution < 1.29 is 27.4 Å². The van der Waals surface area contributed by atoms with Gasteiger partial charge in [0.2, 0.25) is 0 Å². The number of rotatable bonds is 8. The van der Waals surface area contributed by atoms with Crippen LogP contribution < -0.4 is 10.1 Å². The van der Waals surface area contributed by atoms with Crippen molar-refractivity contribution in [2.24, 2.45) is 0 Å². The van der Waals surface area contributed by atoms with Crippen LogP contribution in [0.4, 0.5) is 13.2 Å². The second kappa shape index (κ2) is 8.85. The molecular weight excluding hydrogens is 323 g/mol. The van der Waals surface area contributed by atoms with Gasteiger partial charge in [0.1, 0.15) is 5.75 Å². The van der Waals surface area contributed by atoms with Gasteiger partial charge in [0.25, 0.3) is 0 Å². The van der Waals surface area contributed by atoms with Crippen molar-refractivity contribution >= 4 is 17.6 Å². The number of carbonyl (C=O) groups is 1. The first-order valence-corrected chi connectivity index (χ1v) is 7.04. The van der Waals surface area contributed by atoms with E-state index in [-0.39, 0.29) is 23.2 Å². The van der Waals surface area contributed by atoms with Crippen LogP contribution in [0.1, 0.15) is 18.9 Å². The van der Waals surface area contributed by atoms with Crippen LogP contribution in [0.3, 0.4) is 0 Å². The Balaban J connectivity index is 2.40. The minimum absolute atomic E-state index is 0.0192. The predicted molar refractivity (Wildman–Crippen MR) is 76.0 cm³/mol. The fourth-order valence-corrected chi connectivity index (χ4v) is 1.84. The lowest BCUT2D eigenvalue weighted by Crippen LogP contribution is -2.20. The van der Waals surface area contributed by atoms with Gasteiger partial charge in [-0.3, -0.25) is 4.79 Å². The van der Waals surface area contributed by atoms with E-state index in [9.17, 15) is 18.0 Å². The zero-order chi connectivity index (χ0) is 16.6. The molecule has 4 nitrogen and oxygen atoms in total. The molecule has 1 rings (SSSR count). The lowest BCUT2D eigenvalue weighted by atomic mass is 10.2. The van der Waals surface area contributed by atoms with Crippen molar-refractivity contribution in [3.63, 3.8) is 0 Å². The highest BCUT2D eigenvalue weighted by Gasteiger charge is 2.28. The Bertz CT molecular complexity index is 495. The molecule has 0 bridgehead atoms. The summed E-state index contributed by atoms with van der Waals surface area (Å²) in [6.45, 7) is 1.55. The maximum absolute atomic E-state index is 12.1. The molecule has 124 valence electrons. The Labute approximate surface area is 131 Å². The molecule has 0 spiro atoms. The van der Waals surface area contributed by atoms with E-state index in [4.69, 9.17) is 16.3 Å². The fourth-order valence-electron chi connectivity index (χ4n) is 1.59. The summed E-state index contributed by atoms with van der Waals surface area (Å²) >= 11 is 5.87. The van der Waals surface area contributed by atoms with Crippen LogP contribution in [-0.2, 0) is 16.1 Å². The first-order chi connectivity index (χ1) is 10.3. The number of nitrogens with one attached hydrogen (secondary N) is 1. The number of esters is 1. The third-order valence-electron chi connectivity index (χ3n) is 2.53. The highest BCUT2D eigenvalue weighted by molar-refractivity contribution is 6.32. The lowest BCUT2D eigenvalue weighted by molar-refractivity contribution is -0.153. The molecule has 1 aromatic carbocycles. The second-order valence-electron chi connectivity index (χ2n) is 4.40. The van der Waals surface area contributed by atoms with E-state index in [1.54, 1.807) is 13.0 Å². The van der Waals surface area contributed by atoms with Crippen LogP contribution in [0, 0.1) is 0 Å². The minimum Gasteiger partial charge on any atom is -0.483 e. The second-order valence-corrected chi connectivity index (χ2v) is 4.81. The predicted octanol–water partition coefficient (Wildman–Crippen LogP) is 3.32. The van der Waals surface area contributed by atoms with Crippen LogP contribution in [0.2, 0.25) is 5.02 Å². The molecule has 0 aliphatic rings. The standard InChI is InChI=1S/C14H17ClF3NO3/c1-2-21-13(20)5-6-19-8-10-3-4-12(11(15)7-10)22-9-14(16,17)18/h3-4,7,19H,2,5-6,8-9H2,1H3. The van der Waals surface area contributed by atoms with E-state index in [0.717, 1.165) is 5.56 Å². The van der Waals surface area contributed by atoms with Crippen LogP contribution in [-0.4, -0.2) is 31.9 Å². The van der Waals surface area contributed by atoms with Crippen molar-refractivity contribution in [3.8, 4) is 5.75 Å². The van der Waals surface area contributed by atoms with Gasteiger partial charge in [-0.15, -0.1) is 0 Å². The number of benzene rings is 1. The monoisotopic (exact) mass is 339 g/mol. The Kier molecular flexibility index (Phi) is 7.47. The van der Waals surface area contributed by atoms with Gasteiger partial charge >= 0.3 is 12.1 Å². The number of hydrogen-bond acceptors (Lipinski definition) is 4. The van der Waals surface area contributed by atoms with Crippen molar-refractivity contribution in [1.29, 1.82) is 0 Å². The average molecular weight is 340 g/mol. The van der Waals surface area contributed by atoms with Crippen molar-refractivity contribution in [3.05, 3.63) is 28.8 Å². The average Bonchev–Trinajstić information content (AvgIpc) is 2.42. The van der Waals surface area contributed by atoms with Crippen molar-refractivity contribution in [2.45, 2.75) is 26.1 Å². The Morgan fingerprint density at radius 2 is 2.09 bits per heavy atom. The molecule has 0 atom stereocenters. The fraction of sp³-hybridized carbons (Fsp3) is 0.500. The number of hydrogen-bond donors (Lipinski definition) is 1. The molecule has 0 unspecified atom stereocenters. The van der Waals surface area contributed by atoms with Crippen LogP contribution >= 0.6 is 11.6 Å². The van der Waals surface area contributed by atoms with Crippen LogP contribution in [0.5, 0.6) is 5.75 Å². The summed E-state index contributed by atoms with van der Waals surface area (Å²) < 4.78 is 45.6. The van der Waals surface area contributed by atoms with Gasteiger partial charge in [-0.1, -0.05) is 17.7 Å². The van der Waals surface area contributed by atoms with Gasteiger partial charge in [0, 0.05) is 13.1 Å². The minimum atomic E-state index is -4.41. The van der Waals surface area contributed by atoms with Gasteiger partial charge in [-0.2, -0.15) is 13.2 Å². The SMILES string of the molecule is CCOC(=O)CCNCc1ccc(OCC(F)(F)F)c(Cl)c1. The zero-order valence-corrected chi connectivity index (χ0v) is 12.8. The lowest BCUT2D eigenvalue weighted by Gasteiger charge is -2.11. The molecule has 0 aromatic heterocycles. The summed E-state index contributed by atoms with van der Waals surface area (Å²) in [6.07, 6.45) is -4.16. The Hall–Kier alpha value is -1.47. The van der Waals surface area contributed by atoms with E-state index >= 15 is 0 Å². The molecular formula is C14H17ClF3NO3. The molecule has 0 saturated carbocycles. The largest absolute Gasteiger partial charge is 0.483 e. The van der Waals surface area contributed by atoms with E-state index < -0.39 is 12.8 Å². The molecule has 22 heavy (non-hydrogen) atoms. The van der Waals surface area contributed by atoms with E-state index in [1.165, 1.54) is 12.1 Å². The summed E-state index contributed by atoms with van der Waals surface area (Å²) in [5.41, 5.74) is 0.771. The number of alkyl halides is 3. The molecule has 0 aliphatic carbocycles. The van der Waals surface area contributed by atoms with E-state index in [1.807, 2.05) is 0 Å². The third-order valence-corrected chi connectivity index (χ3v) is 2.82. The number of carbonyl (C=O) groups excluding carboxylic acids is 1. The summed E-state index contributed by atoms with van der Waals surface area (Å²) in [5.74, 6) is -0.307. The molecule has 0 radical (unpaired) electrons. The first kappa shape index (κ1) is 18.6. The summed E-state index contributed by atoms with van der Waals surface area (Å²) in [7, 11) is 0. The number of ether oxygens (including phenoxy) is 2. The molecule has 0 saturated heterocycles. The van der Waals surface area contributed by atoms with Crippen LogP contribution in [0.25, 0.3) is 0 Å². The summed E-state index contributed by atoms with van der Waals surface area (Å²) in [6, 6.07) is 4.51. The van der Waals surface area contributed by atoms with Gasteiger partial charge in [-0.25, -0.2) is 0 Å². The third kappa shape index (κ3) is 7.51. The van der Waals surface area contributed by atoms with Crippen molar-refractivity contribution in [2.75, 3.05) is 19.8 Å². The van der Waals surface area contributed by atoms with Gasteiger partial charge in [0.15, 0.2) is 6.61 Å². The highest BCUT2D eigenvalue weighted by Crippen LogP contribution is 2.27. The smallest absolute Gasteiger partial charge is 0.422 e. The number of halogens is 4. The molecule has 1 aromatic rings. The quantitative estimate of drug-likeness (QED) is 0.583. The highest BCUT2D eigenvalue weighted by atomic mass is 35.5. The Morgan fingerprint density at radius 1 is 1.36 bits per heavy atom. The topological polar surface area (TPSA) is 47.6 Å². The molecule has 0 heterocycles. The Morgan fingerprint density at radius 3 is 2.68 bits per heavy atom. The molecule has 1 N–H and O–H groups in total. The molecule has 8 heteroatoms. The van der Waals surface area contributed by atoms with Gasteiger partial charge < -0.3 is 14.8 Å². The normalized spacial score (nSPS) is 11.3. The zero-order valence-electron chi connectivity index (χ0n) is 12.0. The molecule has 0 aliphatic heterocycles. The van der Waals surface area contributed by atoms with Crippen LogP contribution in [0.15, 0.2) is 18.2 Å². The maximum atomic E-state index is 12.1. The van der Waals surface area contributed by atoms with E-state index in [2.05, 4.69) is 10.1 Å². The van der Waals surface area contributed by atoms with Gasteiger partial charge in [-0.05, 0) is 24.6 Å². The van der Waals surface area contributed by atoms with E-state index in [0.29, 0.717) is 19.7 Å². The summed E-state index contributed by atoms with van der Waals surface area (Å²) in [5, 5.41) is 3.12.